The number of aliphatic hydroxyl groups excluding tert-OH is 1. The number of hydrogen-bond donors (Lipinski definition) is 1. The predicted molar refractivity (Wildman–Crippen MR) is 118 cm³/mol. The van der Waals surface area contributed by atoms with Crippen LogP contribution < -0.4 is 4.90 Å². The summed E-state index contributed by atoms with van der Waals surface area (Å²) in [5.74, 6) is -0.551. The molecule has 2 aliphatic heterocycles. The first-order valence-electron chi connectivity index (χ1n) is 10.2. The number of likely N-dealkylation sites (tertiary alicyclic amines) is 1. The van der Waals surface area contributed by atoms with Crippen molar-refractivity contribution in [3.8, 4) is 0 Å². The molecule has 0 radical (unpaired) electrons. The second-order valence-corrected chi connectivity index (χ2v) is 8.54. The van der Waals surface area contributed by atoms with Crippen LogP contribution in [0.3, 0.4) is 0 Å². The number of amides is 2. The van der Waals surface area contributed by atoms with E-state index in [1.807, 2.05) is 36.9 Å². The zero-order valence-corrected chi connectivity index (χ0v) is 17.9. The summed E-state index contributed by atoms with van der Waals surface area (Å²) >= 11 is 6.00. The van der Waals surface area contributed by atoms with Crippen LogP contribution in [0.1, 0.15) is 29.5 Å². The third-order valence-electron chi connectivity index (χ3n) is 5.89. The molecule has 2 amide bonds. The Morgan fingerprint density at radius 3 is 2.47 bits per heavy atom. The fraction of sp³-hybridized carbons (Fsp3) is 0.333. The van der Waals surface area contributed by atoms with Gasteiger partial charge in [0, 0.05) is 24.7 Å². The molecule has 2 aliphatic rings. The molecule has 156 valence electrons. The van der Waals surface area contributed by atoms with Crippen LogP contribution in [-0.2, 0) is 9.59 Å². The van der Waals surface area contributed by atoms with E-state index in [9.17, 15) is 14.7 Å². The molecule has 0 spiro atoms. The number of benzene rings is 2. The van der Waals surface area contributed by atoms with Gasteiger partial charge in [0.05, 0.1) is 11.3 Å². The summed E-state index contributed by atoms with van der Waals surface area (Å²) in [7, 11) is 0. The second-order valence-electron chi connectivity index (χ2n) is 8.10. The van der Waals surface area contributed by atoms with Gasteiger partial charge in [0.25, 0.3) is 11.8 Å². The molecule has 0 saturated carbocycles. The minimum atomic E-state index is -0.324. The largest absolute Gasteiger partial charge is 0.396 e. The molecule has 5 nitrogen and oxygen atoms in total. The van der Waals surface area contributed by atoms with E-state index in [0.717, 1.165) is 29.5 Å². The molecular weight excluding hydrogens is 400 g/mol. The fourth-order valence-corrected chi connectivity index (χ4v) is 4.52. The minimum absolute atomic E-state index is 0.0751. The first kappa shape index (κ1) is 20.6. The molecule has 2 aromatic rings. The molecule has 2 aromatic carbocycles. The fourth-order valence-electron chi connectivity index (χ4n) is 4.39. The summed E-state index contributed by atoms with van der Waals surface area (Å²) in [4.78, 5) is 30.4. The third kappa shape index (κ3) is 3.64. The Morgan fingerprint density at radius 2 is 1.80 bits per heavy atom. The highest BCUT2D eigenvalue weighted by Gasteiger charge is 2.43. The molecule has 1 fully saturated rings. The van der Waals surface area contributed by atoms with Gasteiger partial charge in [0.1, 0.15) is 5.70 Å². The number of anilines is 1. The standard InChI is InChI=1S/C24H25ClN2O3/c1-15-5-10-20(16(2)12-15)21-22(26-11-3-4-17(13-26)14-28)24(30)27(23(21)29)19-8-6-18(25)7-9-19/h5-10,12,17,28H,3-4,11,13-14H2,1-2H3. The topological polar surface area (TPSA) is 60.9 Å². The maximum absolute atomic E-state index is 13.6. The lowest BCUT2D eigenvalue weighted by Gasteiger charge is -2.34. The monoisotopic (exact) mass is 424 g/mol. The first-order chi connectivity index (χ1) is 14.4. The van der Waals surface area contributed by atoms with Crippen LogP contribution in [0.15, 0.2) is 48.2 Å². The van der Waals surface area contributed by atoms with Gasteiger partial charge in [-0.2, -0.15) is 0 Å². The number of piperidine rings is 1. The Labute approximate surface area is 181 Å². The molecular formula is C24H25ClN2O3. The number of rotatable bonds is 4. The van der Waals surface area contributed by atoms with Crippen LogP contribution in [0, 0.1) is 19.8 Å². The Bertz CT molecular complexity index is 1030. The van der Waals surface area contributed by atoms with Crippen LogP contribution in [0.25, 0.3) is 5.57 Å². The first-order valence-corrected chi connectivity index (χ1v) is 10.6. The van der Waals surface area contributed by atoms with Crippen LogP contribution in [0.4, 0.5) is 5.69 Å². The van der Waals surface area contributed by atoms with E-state index in [0.29, 0.717) is 35.1 Å². The number of aliphatic hydroxyl groups is 1. The Balaban J connectivity index is 1.84. The van der Waals surface area contributed by atoms with E-state index in [4.69, 9.17) is 11.6 Å². The average Bonchev–Trinajstić information content (AvgIpc) is 2.99. The summed E-state index contributed by atoms with van der Waals surface area (Å²) in [5.41, 5.74) is 4.20. The van der Waals surface area contributed by atoms with Crippen molar-refractivity contribution < 1.29 is 14.7 Å². The van der Waals surface area contributed by atoms with E-state index in [-0.39, 0.29) is 24.3 Å². The van der Waals surface area contributed by atoms with Crippen molar-refractivity contribution in [3.05, 3.63) is 69.9 Å². The average molecular weight is 425 g/mol. The van der Waals surface area contributed by atoms with Crippen molar-refractivity contribution in [1.82, 2.24) is 4.90 Å². The number of carbonyl (C=O) groups is 2. The molecule has 0 aromatic heterocycles. The van der Waals surface area contributed by atoms with E-state index >= 15 is 0 Å². The van der Waals surface area contributed by atoms with Crippen LogP contribution in [0.5, 0.6) is 0 Å². The highest BCUT2D eigenvalue weighted by Crippen LogP contribution is 2.37. The van der Waals surface area contributed by atoms with Gasteiger partial charge in [-0.1, -0.05) is 35.4 Å². The number of imide groups is 1. The molecule has 30 heavy (non-hydrogen) atoms. The quantitative estimate of drug-likeness (QED) is 0.755. The van der Waals surface area contributed by atoms with Gasteiger partial charge in [-0.15, -0.1) is 0 Å². The smallest absolute Gasteiger partial charge is 0.282 e. The minimum Gasteiger partial charge on any atom is -0.396 e. The molecule has 1 saturated heterocycles. The molecule has 6 heteroatoms. The van der Waals surface area contributed by atoms with Crippen molar-refractivity contribution in [3.63, 3.8) is 0 Å². The molecule has 4 rings (SSSR count). The number of halogens is 1. The number of hydrogen-bond acceptors (Lipinski definition) is 4. The van der Waals surface area contributed by atoms with Gasteiger partial charge in [-0.3, -0.25) is 9.59 Å². The lowest BCUT2D eigenvalue weighted by Crippen LogP contribution is -2.40. The van der Waals surface area contributed by atoms with Crippen LogP contribution >= 0.6 is 11.6 Å². The van der Waals surface area contributed by atoms with Crippen LogP contribution in [-0.4, -0.2) is 41.5 Å². The van der Waals surface area contributed by atoms with Gasteiger partial charge in [0.15, 0.2) is 0 Å². The number of nitrogens with zero attached hydrogens (tertiary/aromatic N) is 2. The summed E-state index contributed by atoms with van der Waals surface area (Å²) in [6.45, 7) is 5.29. The Hall–Kier alpha value is -2.63. The molecule has 0 bridgehead atoms. The van der Waals surface area contributed by atoms with Crippen molar-refractivity contribution in [2.45, 2.75) is 26.7 Å². The normalized spacial score (nSPS) is 19.8. The molecule has 1 unspecified atom stereocenters. The molecule has 1 atom stereocenters. The number of aryl methyl sites for hydroxylation is 2. The zero-order valence-electron chi connectivity index (χ0n) is 17.2. The third-order valence-corrected chi connectivity index (χ3v) is 6.14. The highest BCUT2D eigenvalue weighted by molar-refractivity contribution is 6.45. The Morgan fingerprint density at radius 1 is 1.07 bits per heavy atom. The highest BCUT2D eigenvalue weighted by atomic mass is 35.5. The van der Waals surface area contributed by atoms with E-state index in [2.05, 4.69) is 0 Å². The van der Waals surface area contributed by atoms with Crippen LogP contribution in [0.2, 0.25) is 5.02 Å². The molecule has 2 heterocycles. The lowest BCUT2D eigenvalue weighted by molar-refractivity contribution is -0.120. The summed E-state index contributed by atoms with van der Waals surface area (Å²) in [6.07, 6.45) is 1.79. The SMILES string of the molecule is Cc1ccc(C2=C(N3CCCC(CO)C3)C(=O)N(c3ccc(Cl)cc3)C2=O)c(C)c1. The number of carbonyl (C=O) groups excluding carboxylic acids is 2. The van der Waals surface area contributed by atoms with Gasteiger partial charge >= 0.3 is 0 Å². The van der Waals surface area contributed by atoms with Crippen molar-refractivity contribution >= 4 is 34.7 Å². The maximum atomic E-state index is 13.6. The van der Waals surface area contributed by atoms with Crippen molar-refractivity contribution in [2.24, 2.45) is 5.92 Å². The van der Waals surface area contributed by atoms with Gasteiger partial charge in [-0.25, -0.2) is 4.90 Å². The second kappa shape index (κ2) is 8.25. The van der Waals surface area contributed by atoms with Gasteiger partial charge < -0.3 is 10.0 Å². The maximum Gasteiger partial charge on any atom is 0.282 e. The Kier molecular flexibility index (Phi) is 5.67. The predicted octanol–water partition coefficient (Wildman–Crippen LogP) is 3.95. The van der Waals surface area contributed by atoms with Crippen molar-refractivity contribution in [2.75, 3.05) is 24.6 Å². The molecule has 1 N–H and O–H groups in total. The summed E-state index contributed by atoms with van der Waals surface area (Å²) in [6, 6.07) is 12.6. The van der Waals surface area contributed by atoms with Gasteiger partial charge in [-0.05, 0) is 68.0 Å². The molecule has 0 aliphatic carbocycles. The van der Waals surface area contributed by atoms with Gasteiger partial charge in [0.2, 0.25) is 0 Å². The summed E-state index contributed by atoms with van der Waals surface area (Å²) in [5, 5.41) is 10.2. The summed E-state index contributed by atoms with van der Waals surface area (Å²) < 4.78 is 0. The lowest BCUT2D eigenvalue weighted by atomic mass is 9.95. The van der Waals surface area contributed by atoms with E-state index in [1.165, 1.54) is 4.90 Å². The van der Waals surface area contributed by atoms with E-state index < -0.39 is 0 Å². The van der Waals surface area contributed by atoms with Crippen molar-refractivity contribution in [1.29, 1.82) is 0 Å². The zero-order chi connectivity index (χ0) is 21.4. The van der Waals surface area contributed by atoms with E-state index in [1.54, 1.807) is 24.3 Å².